The van der Waals surface area contributed by atoms with Crippen molar-refractivity contribution in [3.05, 3.63) is 41.6 Å². The van der Waals surface area contributed by atoms with Gasteiger partial charge in [-0.3, -0.25) is 9.48 Å². The lowest BCUT2D eigenvalue weighted by atomic mass is 10.0. The maximum absolute atomic E-state index is 13.2. The Hall–Kier alpha value is -2.23. The van der Waals surface area contributed by atoms with E-state index < -0.39 is 15.6 Å². The van der Waals surface area contributed by atoms with Crippen LogP contribution >= 0.6 is 0 Å². The number of rotatable bonds is 3. The monoisotopic (exact) mass is 445 g/mol. The van der Waals surface area contributed by atoms with Crippen LogP contribution in [0.2, 0.25) is 0 Å². The van der Waals surface area contributed by atoms with Crippen molar-refractivity contribution in [1.29, 1.82) is 0 Å². The van der Waals surface area contributed by atoms with Gasteiger partial charge in [0.25, 0.3) is 5.91 Å². The van der Waals surface area contributed by atoms with Crippen LogP contribution in [0.3, 0.4) is 0 Å². The van der Waals surface area contributed by atoms with Gasteiger partial charge in [0.05, 0.1) is 36.5 Å². The molecule has 1 aromatic heterocycles. The SMILES string of the molecule is Cc1ccc(-c2cc(C(=O)N3CCC4(CC3)OCCO4)nn2[C@@H]2CCS(=O)(=O)C2)cc1. The van der Waals surface area contributed by atoms with Gasteiger partial charge in [-0.05, 0) is 25.0 Å². The van der Waals surface area contributed by atoms with E-state index in [1.807, 2.05) is 31.2 Å². The minimum atomic E-state index is -3.08. The molecule has 0 aliphatic carbocycles. The van der Waals surface area contributed by atoms with Gasteiger partial charge in [0, 0.05) is 25.9 Å². The summed E-state index contributed by atoms with van der Waals surface area (Å²) >= 11 is 0. The summed E-state index contributed by atoms with van der Waals surface area (Å²) in [6.07, 6.45) is 1.80. The molecule has 1 amide bonds. The highest BCUT2D eigenvalue weighted by Crippen LogP contribution is 2.33. The molecule has 0 N–H and O–H groups in total. The van der Waals surface area contributed by atoms with Gasteiger partial charge >= 0.3 is 0 Å². The van der Waals surface area contributed by atoms with Crippen molar-refractivity contribution in [3.63, 3.8) is 0 Å². The number of sulfone groups is 1. The third kappa shape index (κ3) is 4.02. The molecule has 9 heteroatoms. The van der Waals surface area contributed by atoms with Crippen molar-refractivity contribution in [2.45, 2.75) is 38.0 Å². The zero-order valence-electron chi connectivity index (χ0n) is 17.6. The topological polar surface area (TPSA) is 90.7 Å². The third-order valence-corrected chi connectivity index (χ3v) is 8.23. The molecule has 166 valence electrons. The summed E-state index contributed by atoms with van der Waals surface area (Å²) in [6, 6.07) is 9.52. The Balaban J connectivity index is 1.43. The number of benzene rings is 1. The van der Waals surface area contributed by atoms with Gasteiger partial charge in [0.2, 0.25) is 0 Å². The first kappa shape index (κ1) is 20.7. The number of aryl methyl sites for hydroxylation is 1. The Morgan fingerprint density at radius 3 is 2.42 bits per heavy atom. The standard InChI is InChI=1S/C22H27N3O5S/c1-16-2-4-17(5-3-16)20-14-19(23-25(20)18-6-13-31(27,28)15-18)21(26)24-9-7-22(8-10-24)29-11-12-30-22/h2-5,14,18H,6-13,15H2,1H3/t18-/m1/s1. The zero-order chi connectivity index (χ0) is 21.6. The summed E-state index contributed by atoms with van der Waals surface area (Å²) in [4.78, 5) is 15.0. The molecule has 3 aliphatic heterocycles. The highest BCUT2D eigenvalue weighted by atomic mass is 32.2. The van der Waals surface area contributed by atoms with Crippen molar-refractivity contribution in [2.75, 3.05) is 37.8 Å². The molecule has 1 aromatic carbocycles. The van der Waals surface area contributed by atoms with Crippen LogP contribution in [-0.2, 0) is 19.3 Å². The van der Waals surface area contributed by atoms with Gasteiger partial charge in [0.1, 0.15) is 0 Å². The summed E-state index contributed by atoms with van der Waals surface area (Å²) < 4.78 is 37.4. The molecule has 0 radical (unpaired) electrons. The number of ether oxygens (including phenoxy) is 2. The molecule has 8 nitrogen and oxygen atoms in total. The molecule has 0 unspecified atom stereocenters. The number of amides is 1. The summed E-state index contributed by atoms with van der Waals surface area (Å²) in [6.45, 7) is 4.30. The molecule has 4 heterocycles. The van der Waals surface area contributed by atoms with E-state index in [1.54, 1.807) is 15.6 Å². The van der Waals surface area contributed by atoms with E-state index in [1.165, 1.54) is 0 Å². The Morgan fingerprint density at radius 1 is 1.13 bits per heavy atom. The molecule has 1 spiro atoms. The molecule has 0 saturated carbocycles. The Bertz CT molecular complexity index is 1080. The van der Waals surface area contributed by atoms with Gasteiger partial charge < -0.3 is 14.4 Å². The lowest BCUT2D eigenvalue weighted by molar-refractivity contribution is -0.181. The fourth-order valence-corrected chi connectivity index (χ4v) is 6.38. The smallest absolute Gasteiger partial charge is 0.274 e. The number of aromatic nitrogens is 2. The lowest BCUT2D eigenvalue weighted by Gasteiger charge is -2.37. The summed E-state index contributed by atoms with van der Waals surface area (Å²) in [5, 5.41) is 4.62. The second-order valence-electron chi connectivity index (χ2n) is 8.68. The molecule has 1 atom stereocenters. The van der Waals surface area contributed by atoms with Crippen molar-refractivity contribution in [2.24, 2.45) is 0 Å². The van der Waals surface area contributed by atoms with E-state index in [0.29, 0.717) is 51.3 Å². The summed E-state index contributed by atoms with van der Waals surface area (Å²) in [5.74, 6) is -0.466. The minimum Gasteiger partial charge on any atom is -0.347 e. The number of likely N-dealkylation sites (tertiary alicyclic amines) is 1. The van der Waals surface area contributed by atoms with Crippen molar-refractivity contribution >= 4 is 15.7 Å². The Labute approximate surface area is 182 Å². The largest absolute Gasteiger partial charge is 0.347 e. The quantitative estimate of drug-likeness (QED) is 0.719. The van der Waals surface area contributed by atoms with Gasteiger partial charge in [-0.15, -0.1) is 0 Å². The summed E-state index contributed by atoms with van der Waals surface area (Å²) in [5.41, 5.74) is 3.19. The van der Waals surface area contributed by atoms with Gasteiger partial charge in [-0.25, -0.2) is 8.42 Å². The van der Waals surface area contributed by atoms with E-state index in [-0.39, 0.29) is 23.5 Å². The van der Waals surface area contributed by atoms with E-state index in [0.717, 1.165) is 16.8 Å². The number of nitrogens with zero attached hydrogens (tertiary/aromatic N) is 3. The van der Waals surface area contributed by atoms with Gasteiger partial charge in [-0.1, -0.05) is 29.8 Å². The second-order valence-corrected chi connectivity index (χ2v) is 10.9. The second kappa shape index (κ2) is 7.72. The molecule has 3 fully saturated rings. The van der Waals surface area contributed by atoms with E-state index in [4.69, 9.17) is 9.47 Å². The van der Waals surface area contributed by atoms with Gasteiger partial charge in [-0.2, -0.15) is 5.10 Å². The molecule has 3 saturated heterocycles. The maximum atomic E-state index is 13.2. The van der Waals surface area contributed by atoms with Crippen LogP contribution in [0.5, 0.6) is 0 Å². The normalized spacial score (nSPS) is 24.7. The van der Waals surface area contributed by atoms with Crippen LogP contribution in [0.15, 0.2) is 30.3 Å². The lowest BCUT2D eigenvalue weighted by Crippen LogP contribution is -2.47. The molecule has 3 aliphatic rings. The fourth-order valence-electron chi connectivity index (χ4n) is 4.68. The van der Waals surface area contributed by atoms with Crippen molar-refractivity contribution < 1.29 is 22.7 Å². The average molecular weight is 446 g/mol. The third-order valence-electron chi connectivity index (χ3n) is 6.48. The van der Waals surface area contributed by atoms with E-state index >= 15 is 0 Å². The van der Waals surface area contributed by atoms with Crippen LogP contribution in [0.1, 0.15) is 41.4 Å². The van der Waals surface area contributed by atoms with Crippen LogP contribution in [-0.4, -0.2) is 72.6 Å². The molecule has 5 rings (SSSR count). The molecular formula is C22H27N3O5S. The average Bonchev–Trinajstić information content (AvgIpc) is 3.47. The number of piperidine rings is 1. The first-order valence-electron chi connectivity index (χ1n) is 10.8. The highest BCUT2D eigenvalue weighted by molar-refractivity contribution is 7.91. The number of hydrogen-bond acceptors (Lipinski definition) is 6. The number of carbonyl (C=O) groups excluding carboxylic acids is 1. The molecule has 31 heavy (non-hydrogen) atoms. The minimum absolute atomic E-state index is 0.0576. The predicted octanol–water partition coefficient (Wildman–Crippen LogP) is 2.20. The van der Waals surface area contributed by atoms with Crippen LogP contribution in [0.4, 0.5) is 0 Å². The first-order valence-corrected chi connectivity index (χ1v) is 12.6. The van der Waals surface area contributed by atoms with Crippen LogP contribution in [0, 0.1) is 6.92 Å². The number of hydrogen-bond donors (Lipinski definition) is 0. The maximum Gasteiger partial charge on any atom is 0.274 e. The fraction of sp³-hybridized carbons (Fsp3) is 0.545. The molecular weight excluding hydrogens is 418 g/mol. The summed E-state index contributed by atoms with van der Waals surface area (Å²) in [7, 11) is -3.08. The zero-order valence-corrected chi connectivity index (χ0v) is 18.4. The van der Waals surface area contributed by atoms with Crippen LogP contribution in [0.25, 0.3) is 11.3 Å². The Morgan fingerprint density at radius 2 is 1.81 bits per heavy atom. The van der Waals surface area contributed by atoms with E-state index in [9.17, 15) is 13.2 Å². The van der Waals surface area contributed by atoms with Crippen molar-refractivity contribution in [3.8, 4) is 11.3 Å². The van der Waals surface area contributed by atoms with Crippen LogP contribution < -0.4 is 0 Å². The predicted molar refractivity (Wildman–Crippen MR) is 114 cm³/mol. The Kier molecular flexibility index (Phi) is 5.15. The molecule has 2 aromatic rings. The molecule has 0 bridgehead atoms. The van der Waals surface area contributed by atoms with E-state index in [2.05, 4.69) is 5.10 Å². The first-order chi connectivity index (χ1) is 14.8. The van der Waals surface area contributed by atoms with Crippen molar-refractivity contribution in [1.82, 2.24) is 14.7 Å². The highest BCUT2D eigenvalue weighted by Gasteiger charge is 2.41. The number of carbonyl (C=O) groups is 1. The van der Waals surface area contributed by atoms with Gasteiger partial charge in [0.15, 0.2) is 21.3 Å².